The summed E-state index contributed by atoms with van der Waals surface area (Å²) in [7, 11) is 0. The van der Waals surface area contributed by atoms with Crippen LogP contribution in [0.4, 0.5) is 4.39 Å². The van der Waals surface area contributed by atoms with Crippen molar-refractivity contribution in [3.63, 3.8) is 0 Å². The second kappa shape index (κ2) is 6.02. The Kier molecular flexibility index (Phi) is 3.84. The third-order valence-electron chi connectivity index (χ3n) is 4.63. The van der Waals surface area contributed by atoms with E-state index in [0.717, 1.165) is 35.6 Å². The molecule has 1 fully saturated rings. The molecular weight excluding hydrogens is 325 g/mol. The number of carbonyl (C=O) groups is 1. The maximum absolute atomic E-state index is 13.1. The molecule has 0 spiro atoms. The number of fused-ring (bicyclic) bond motifs is 1. The van der Waals surface area contributed by atoms with Gasteiger partial charge in [-0.1, -0.05) is 0 Å². The summed E-state index contributed by atoms with van der Waals surface area (Å²) < 4.78 is 14.9. The van der Waals surface area contributed by atoms with E-state index in [2.05, 4.69) is 11.9 Å². The topological polar surface area (TPSA) is 37.6 Å². The molecule has 0 saturated carbocycles. The molecule has 0 bridgehead atoms. The molecule has 1 aromatic carbocycles. The van der Waals surface area contributed by atoms with Gasteiger partial charge in [0, 0.05) is 29.7 Å². The first-order valence-corrected chi connectivity index (χ1v) is 9.05. The molecule has 4 rings (SSSR count). The van der Waals surface area contributed by atoms with Crippen molar-refractivity contribution >= 4 is 22.2 Å². The van der Waals surface area contributed by atoms with Gasteiger partial charge in [0.2, 0.25) is 0 Å². The van der Waals surface area contributed by atoms with Gasteiger partial charge in [-0.2, -0.15) is 0 Å². The Morgan fingerprint density at radius 2 is 2.08 bits per heavy atom. The molecule has 1 amide bonds. The number of piperidine rings is 1. The molecular formula is C18H18FN3OS. The minimum absolute atomic E-state index is 0.0662. The summed E-state index contributed by atoms with van der Waals surface area (Å²) in [6.45, 7) is 2.93. The second-order valence-corrected chi connectivity index (χ2v) is 7.09. The number of carbonyl (C=O) groups excluding carboxylic acids is 1. The van der Waals surface area contributed by atoms with E-state index in [0.29, 0.717) is 5.69 Å². The Hall–Kier alpha value is -2.21. The summed E-state index contributed by atoms with van der Waals surface area (Å²) >= 11 is 1.46. The number of benzene rings is 1. The standard InChI is InChI=1S/C18H18FN3OS/c1-12-4-2-3-9-21(12)17(23)16-11-24-18-20-15(10-22(16)18)13-5-7-14(19)8-6-13/h5-8,10-12H,2-4,9H2,1H3. The maximum Gasteiger partial charge on any atom is 0.271 e. The van der Waals surface area contributed by atoms with Gasteiger partial charge in [-0.05, 0) is 50.5 Å². The fraction of sp³-hybridized carbons (Fsp3) is 0.333. The number of halogens is 1. The fourth-order valence-electron chi connectivity index (χ4n) is 3.24. The van der Waals surface area contributed by atoms with Crippen molar-refractivity contribution in [2.75, 3.05) is 6.54 Å². The molecule has 3 heterocycles. The van der Waals surface area contributed by atoms with Gasteiger partial charge in [-0.15, -0.1) is 11.3 Å². The number of likely N-dealkylation sites (tertiary alicyclic amines) is 1. The van der Waals surface area contributed by atoms with Crippen LogP contribution in [-0.4, -0.2) is 32.8 Å². The summed E-state index contributed by atoms with van der Waals surface area (Å²) in [5, 5.41) is 1.88. The SMILES string of the molecule is CC1CCCCN1C(=O)c1csc2nc(-c3ccc(F)cc3)cn12. The summed E-state index contributed by atoms with van der Waals surface area (Å²) in [6, 6.07) is 6.53. The number of nitrogens with zero attached hydrogens (tertiary/aromatic N) is 3. The van der Waals surface area contributed by atoms with Crippen molar-refractivity contribution in [2.45, 2.75) is 32.2 Å². The molecule has 2 aromatic heterocycles. The zero-order chi connectivity index (χ0) is 16.7. The number of amides is 1. The summed E-state index contributed by atoms with van der Waals surface area (Å²) in [6.07, 6.45) is 5.17. The highest BCUT2D eigenvalue weighted by molar-refractivity contribution is 7.15. The first-order chi connectivity index (χ1) is 11.6. The highest BCUT2D eigenvalue weighted by Gasteiger charge is 2.26. The highest BCUT2D eigenvalue weighted by Crippen LogP contribution is 2.26. The van der Waals surface area contributed by atoms with Crippen molar-refractivity contribution in [1.82, 2.24) is 14.3 Å². The van der Waals surface area contributed by atoms with Crippen LogP contribution >= 0.6 is 11.3 Å². The number of thiazole rings is 1. The van der Waals surface area contributed by atoms with Crippen LogP contribution in [0.15, 0.2) is 35.8 Å². The summed E-state index contributed by atoms with van der Waals surface area (Å²) in [5.74, 6) is -0.203. The molecule has 0 radical (unpaired) electrons. The zero-order valence-electron chi connectivity index (χ0n) is 13.4. The molecule has 1 unspecified atom stereocenters. The van der Waals surface area contributed by atoms with Crippen molar-refractivity contribution in [3.8, 4) is 11.3 Å². The lowest BCUT2D eigenvalue weighted by Crippen LogP contribution is -2.42. The van der Waals surface area contributed by atoms with Crippen LogP contribution in [0.25, 0.3) is 16.2 Å². The maximum atomic E-state index is 13.1. The average molecular weight is 343 g/mol. The normalized spacial score (nSPS) is 18.2. The van der Waals surface area contributed by atoms with E-state index in [-0.39, 0.29) is 17.8 Å². The largest absolute Gasteiger partial charge is 0.335 e. The lowest BCUT2D eigenvalue weighted by molar-refractivity contribution is 0.0629. The third kappa shape index (κ3) is 2.60. The minimum atomic E-state index is -0.269. The minimum Gasteiger partial charge on any atom is -0.335 e. The smallest absolute Gasteiger partial charge is 0.271 e. The second-order valence-electron chi connectivity index (χ2n) is 6.25. The molecule has 1 aliphatic rings. The summed E-state index contributed by atoms with van der Waals surface area (Å²) in [5.41, 5.74) is 2.25. The van der Waals surface area contributed by atoms with Crippen LogP contribution in [0.3, 0.4) is 0 Å². The van der Waals surface area contributed by atoms with Crippen LogP contribution in [0, 0.1) is 5.82 Å². The van der Waals surface area contributed by atoms with Crippen molar-refractivity contribution in [1.29, 1.82) is 0 Å². The third-order valence-corrected chi connectivity index (χ3v) is 5.47. The van der Waals surface area contributed by atoms with Crippen LogP contribution in [-0.2, 0) is 0 Å². The molecule has 1 saturated heterocycles. The van der Waals surface area contributed by atoms with Crippen LogP contribution in [0.1, 0.15) is 36.7 Å². The van der Waals surface area contributed by atoms with E-state index in [4.69, 9.17) is 0 Å². The van der Waals surface area contributed by atoms with Gasteiger partial charge in [0.05, 0.1) is 5.69 Å². The monoisotopic (exact) mass is 343 g/mol. The van der Waals surface area contributed by atoms with Gasteiger partial charge in [-0.3, -0.25) is 9.20 Å². The van der Waals surface area contributed by atoms with Gasteiger partial charge < -0.3 is 4.90 Å². The Balaban J connectivity index is 1.69. The van der Waals surface area contributed by atoms with E-state index >= 15 is 0 Å². The van der Waals surface area contributed by atoms with E-state index < -0.39 is 0 Å². The molecule has 1 aliphatic heterocycles. The zero-order valence-corrected chi connectivity index (χ0v) is 14.2. The first kappa shape index (κ1) is 15.3. The Morgan fingerprint density at radius 1 is 1.29 bits per heavy atom. The van der Waals surface area contributed by atoms with Gasteiger partial charge in [0.1, 0.15) is 11.5 Å². The first-order valence-electron chi connectivity index (χ1n) is 8.17. The number of hydrogen-bond acceptors (Lipinski definition) is 3. The van der Waals surface area contributed by atoms with Gasteiger partial charge in [-0.25, -0.2) is 9.37 Å². The number of rotatable bonds is 2. The predicted octanol–water partition coefficient (Wildman–Crippen LogP) is 4.22. The van der Waals surface area contributed by atoms with E-state index in [1.165, 1.54) is 29.9 Å². The molecule has 3 aromatic rings. The Labute approximate surface area is 143 Å². The fourth-order valence-corrected chi connectivity index (χ4v) is 4.09. The van der Waals surface area contributed by atoms with Gasteiger partial charge in [0.15, 0.2) is 4.96 Å². The molecule has 0 N–H and O–H groups in total. The molecule has 1 atom stereocenters. The Morgan fingerprint density at radius 3 is 2.83 bits per heavy atom. The number of hydrogen-bond donors (Lipinski definition) is 0. The van der Waals surface area contributed by atoms with E-state index in [9.17, 15) is 9.18 Å². The number of imidazole rings is 1. The van der Waals surface area contributed by atoms with Crippen molar-refractivity contribution < 1.29 is 9.18 Å². The van der Waals surface area contributed by atoms with Crippen LogP contribution in [0.2, 0.25) is 0 Å². The van der Waals surface area contributed by atoms with Crippen molar-refractivity contribution in [2.24, 2.45) is 0 Å². The molecule has 124 valence electrons. The van der Waals surface area contributed by atoms with Gasteiger partial charge in [0.25, 0.3) is 5.91 Å². The average Bonchev–Trinajstić information content (AvgIpc) is 3.16. The molecule has 24 heavy (non-hydrogen) atoms. The van der Waals surface area contributed by atoms with Crippen molar-refractivity contribution in [3.05, 3.63) is 47.4 Å². The lowest BCUT2D eigenvalue weighted by atomic mass is 10.0. The lowest BCUT2D eigenvalue weighted by Gasteiger charge is -2.33. The van der Waals surface area contributed by atoms with Crippen LogP contribution < -0.4 is 0 Å². The predicted molar refractivity (Wildman–Crippen MR) is 92.8 cm³/mol. The van der Waals surface area contributed by atoms with E-state index in [1.54, 1.807) is 12.1 Å². The van der Waals surface area contributed by atoms with Crippen LogP contribution in [0.5, 0.6) is 0 Å². The quantitative estimate of drug-likeness (QED) is 0.699. The highest BCUT2D eigenvalue weighted by atomic mass is 32.1. The Bertz CT molecular complexity index is 883. The molecule has 4 nitrogen and oxygen atoms in total. The summed E-state index contributed by atoms with van der Waals surface area (Å²) in [4.78, 5) is 20.2. The number of aromatic nitrogens is 2. The van der Waals surface area contributed by atoms with E-state index in [1.807, 2.05) is 20.9 Å². The molecule has 0 aliphatic carbocycles. The molecule has 6 heteroatoms. The van der Waals surface area contributed by atoms with Gasteiger partial charge >= 0.3 is 0 Å².